The number of nitrogens with zero attached hydrogens (tertiary/aromatic N) is 1. The predicted molar refractivity (Wildman–Crippen MR) is 113 cm³/mol. The maximum Gasteiger partial charge on any atom is 0.355 e. The van der Waals surface area contributed by atoms with Crippen molar-refractivity contribution in [3.8, 4) is 0 Å². The van der Waals surface area contributed by atoms with Crippen molar-refractivity contribution in [2.75, 3.05) is 6.61 Å². The number of ether oxygens (including phenoxy) is 1. The molecule has 1 aromatic carbocycles. The number of aromatic amines is 1. The molecule has 0 bridgehead atoms. The molecule has 3 rings (SSSR count). The molecule has 1 atom stereocenters. The number of hydrogen-bond donors (Lipinski definition) is 1. The number of carbonyl (C=O) groups excluding carboxylic acids is 2. The van der Waals surface area contributed by atoms with Gasteiger partial charge in [0, 0.05) is 17.3 Å². The van der Waals surface area contributed by atoms with E-state index in [2.05, 4.69) is 4.98 Å². The van der Waals surface area contributed by atoms with Gasteiger partial charge in [-0.15, -0.1) is 0 Å². The summed E-state index contributed by atoms with van der Waals surface area (Å²) in [5, 5.41) is 0. The molecule has 1 heterocycles. The third kappa shape index (κ3) is 4.06. The van der Waals surface area contributed by atoms with Crippen LogP contribution in [0.3, 0.4) is 0 Å². The van der Waals surface area contributed by atoms with Crippen LogP contribution in [0.1, 0.15) is 64.4 Å². The summed E-state index contributed by atoms with van der Waals surface area (Å²) in [6.45, 7) is 8.81. The lowest BCUT2D eigenvalue weighted by Crippen LogP contribution is -2.44. The SMILES string of the molecule is CCOC(=O)c1[nH]c(C)c(C(=O)[C@H](C)N(C2CC2)S(=O)(=O)c2ccc(C)cc2)c1C. The zero-order chi connectivity index (χ0) is 22.2. The van der Waals surface area contributed by atoms with Crippen LogP contribution in [0.25, 0.3) is 0 Å². The number of benzene rings is 1. The van der Waals surface area contributed by atoms with Gasteiger partial charge in [0.2, 0.25) is 10.0 Å². The lowest BCUT2D eigenvalue weighted by Gasteiger charge is -2.27. The van der Waals surface area contributed by atoms with Crippen LogP contribution < -0.4 is 0 Å². The molecule has 2 aromatic rings. The Hall–Kier alpha value is -2.45. The monoisotopic (exact) mass is 432 g/mol. The van der Waals surface area contributed by atoms with Gasteiger partial charge in [0.15, 0.2) is 5.78 Å². The first-order valence-corrected chi connectivity index (χ1v) is 11.5. The normalized spacial score (nSPS) is 15.3. The summed E-state index contributed by atoms with van der Waals surface area (Å²) in [6, 6.07) is 5.55. The van der Waals surface area contributed by atoms with E-state index in [1.54, 1.807) is 52.0 Å². The Kier molecular flexibility index (Phi) is 6.19. The van der Waals surface area contributed by atoms with Gasteiger partial charge in [0.05, 0.1) is 17.5 Å². The molecule has 1 aromatic heterocycles. The van der Waals surface area contributed by atoms with Crippen LogP contribution in [0.5, 0.6) is 0 Å². The quantitative estimate of drug-likeness (QED) is 0.508. The molecule has 1 aliphatic carbocycles. The maximum absolute atomic E-state index is 13.4. The second-order valence-corrected chi connectivity index (χ2v) is 9.61. The first-order chi connectivity index (χ1) is 14.1. The number of sulfonamides is 1. The fraction of sp³-hybridized carbons (Fsp3) is 0.455. The fourth-order valence-corrected chi connectivity index (χ4v) is 5.57. The molecule has 1 saturated carbocycles. The number of hydrogen-bond acceptors (Lipinski definition) is 5. The van der Waals surface area contributed by atoms with Gasteiger partial charge < -0.3 is 9.72 Å². The lowest BCUT2D eigenvalue weighted by molar-refractivity contribution is 0.0519. The van der Waals surface area contributed by atoms with Gasteiger partial charge in [0.1, 0.15) is 5.69 Å². The number of rotatable bonds is 8. The number of nitrogens with one attached hydrogen (secondary N) is 1. The summed E-state index contributed by atoms with van der Waals surface area (Å²) < 4.78 is 33.1. The first kappa shape index (κ1) is 22.2. The minimum Gasteiger partial charge on any atom is -0.461 e. The summed E-state index contributed by atoms with van der Waals surface area (Å²) in [6.07, 6.45) is 1.45. The smallest absolute Gasteiger partial charge is 0.355 e. The van der Waals surface area contributed by atoms with Gasteiger partial charge in [-0.05, 0) is 65.2 Å². The van der Waals surface area contributed by atoms with Crippen molar-refractivity contribution in [3.63, 3.8) is 0 Å². The molecule has 30 heavy (non-hydrogen) atoms. The van der Waals surface area contributed by atoms with Gasteiger partial charge in [-0.25, -0.2) is 13.2 Å². The number of aryl methyl sites for hydroxylation is 2. The van der Waals surface area contributed by atoms with E-state index in [-0.39, 0.29) is 29.0 Å². The van der Waals surface area contributed by atoms with Crippen molar-refractivity contribution in [1.29, 1.82) is 0 Å². The lowest BCUT2D eigenvalue weighted by atomic mass is 10.0. The number of esters is 1. The van der Waals surface area contributed by atoms with E-state index in [0.29, 0.717) is 16.8 Å². The van der Waals surface area contributed by atoms with E-state index in [1.807, 2.05) is 6.92 Å². The molecule has 8 heteroatoms. The second kappa shape index (κ2) is 8.35. The third-order valence-electron chi connectivity index (χ3n) is 5.43. The summed E-state index contributed by atoms with van der Waals surface area (Å²) in [5.41, 5.74) is 2.53. The summed E-state index contributed by atoms with van der Waals surface area (Å²) in [4.78, 5) is 28.7. The molecular formula is C22H28N2O5S. The first-order valence-electron chi connectivity index (χ1n) is 10.1. The molecular weight excluding hydrogens is 404 g/mol. The Balaban J connectivity index is 1.97. The minimum atomic E-state index is -3.84. The van der Waals surface area contributed by atoms with Crippen LogP contribution in [0.15, 0.2) is 29.2 Å². The average Bonchev–Trinajstić information content (AvgIpc) is 3.46. The van der Waals surface area contributed by atoms with E-state index in [0.717, 1.165) is 18.4 Å². The zero-order valence-corrected chi connectivity index (χ0v) is 18.8. The molecule has 0 spiro atoms. The van der Waals surface area contributed by atoms with Crippen molar-refractivity contribution >= 4 is 21.8 Å². The van der Waals surface area contributed by atoms with Crippen molar-refractivity contribution in [2.45, 2.75) is 64.4 Å². The highest BCUT2D eigenvalue weighted by atomic mass is 32.2. The van der Waals surface area contributed by atoms with Gasteiger partial charge in [-0.1, -0.05) is 17.7 Å². The Morgan fingerprint density at radius 1 is 1.17 bits per heavy atom. The number of carbonyl (C=O) groups is 2. The Bertz CT molecular complexity index is 1070. The van der Waals surface area contributed by atoms with Gasteiger partial charge in [0.25, 0.3) is 0 Å². The summed E-state index contributed by atoms with van der Waals surface area (Å²) in [7, 11) is -3.84. The largest absolute Gasteiger partial charge is 0.461 e. The van der Waals surface area contributed by atoms with Crippen LogP contribution in [-0.2, 0) is 14.8 Å². The van der Waals surface area contributed by atoms with Gasteiger partial charge in [-0.3, -0.25) is 4.79 Å². The van der Waals surface area contributed by atoms with Crippen LogP contribution in [-0.4, -0.2) is 48.2 Å². The highest BCUT2D eigenvalue weighted by molar-refractivity contribution is 7.89. The highest BCUT2D eigenvalue weighted by Gasteiger charge is 2.44. The van der Waals surface area contributed by atoms with Gasteiger partial charge >= 0.3 is 5.97 Å². The molecule has 0 aliphatic heterocycles. The topological polar surface area (TPSA) is 96.5 Å². The number of Topliss-reactive ketones (excluding diaryl/α,β-unsaturated/α-hetero) is 1. The predicted octanol–water partition coefficient (Wildman–Crippen LogP) is 3.54. The van der Waals surface area contributed by atoms with Gasteiger partial charge in [-0.2, -0.15) is 4.31 Å². The number of H-pyrrole nitrogens is 1. The number of aromatic nitrogens is 1. The summed E-state index contributed by atoms with van der Waals surface area (Å²) >= 11 is 0. The Morgan fingerprint density at radius 2 is 1.77 bits per heavy atom. The number of ketones is 1. The molecule has 0 unspecified atom stereocenters. The molecule has 1 aliphatic rings. The third-order valence-corrected chi connectivity index (χ3v) is 7.47. The van der Waals surface area contributed by atoms with Crippen molar-refractivity contribution < 1.29 is 22.7 Å². The Morgan fingerprint density at radius 3 is 2.30 bits per heavy atom. The van der Waals surface area contributed by atoms with Crippen LogP contribution >= 0.6 is 0 Å². The van der Waals surface area contributed by atoms with Crippen LogP contribution in [0.4, 0.5) is 0 Å². The highest BCUT2D eigenvalue weighted by Crippen LogP contribution is 2.35. The molecule has 1 N–H and O–H groups in total. The molecule has 1 fully saturated rings. The fourth-order valence-electron chi connectivity index (χ4n) is 3.73. The van der Waals surface area contributed by atoms with Crippen LogP contribution in [0.2, 0.25) is 0 Å². The van der Waals surface area contributed by atoms with E-state index in [9.17, 15) is 18.0 Å². The van der Waals surface area contributed by atoms with Crippen molar-refractivity contribution in [3.05, 3.63) is 52.3 Å². The summed E-state index contributed by atoms with van der Waals surface area (Å²) in [5.74, 6) is -0.865. The molecule has 7 nitrogen and oxygen atoms in total. The zero-order valence-electron chi connectivity index (χ0n) is 18.0. The maximum atomic E-state index is 13.4. The van der Waals surface area contributed by atoms with E-state index < -0.39 is 22.0 Å². The Labute approximate surface area is 177 Å². The van der Waals surface area contributed by atoms with E-state index in [1.165, 1.54) is 4.31 Å². The molecule has 162 valence electrons. The van der Waals surface area contributed by atoms with E-state index in [4.69, 9.17) is 4.74 Å². The van der Waals surface area contributed by atoms with E-state index >= 15 is 0 Å². The molecule has 0 radical (unpaired) electrons. The van der Waals surface area contributed by atoms with Crippen LogP contribution in [0, 0.1) is 20.8 Å². The minimum absolute atomic E-state index is 0.175. The van der Waals surface area contributed by atoms with Crippen molar-refractivity contribution in [1.82, 2.24) is 9.29 Å². The molecule has 0 saturated heterocycles. The van der Waals surface area contributed by atoms with Crippen molar-refractivity contribution in [2.24, 2.45) is 0 Å². The standard InChI is InChI=1S/C22H28N2O5S/c1-6-29-22(26)20-14(3)19(15(4)23-20)21(25)16(5)24(17-9-10-17)30(27,28)18-11-7-13(2)8-12-18/h7-8,11-12,16-17,23H,6,9-10H2,1-5H3/t16-/m0/s1. The molecule has 0 amide bonds. The average molecular weight is 433 g/mol. The second-order valence-electron chi connectivity index (χ2n) is 7.76.